The van der Waals surface area contributed by atoms with Gasteiger partial charge in [0.1, 0.15) is 6.54 Å². The fraction of sp³-hybridized carbons (Fsp3) is 0.240. The highest BCUT2D eigenvalue weighted by molar-refractivity contribution is 6.00. The van der Waals surface area contributed by atoms with Gasteiger partial charge in [-0.15, -0.1) is 0 Å². The number of fused-ring (bicyclic) bond motifs is 1. The summed E-state index contributed by atoms with van der Waals surface area (Å²) in [4.78, 5) is 37.0. The minimum absolute atomic E-state index is 0.107. The Kier molecular flexibility index (Phi) is 6.44. The number of rotatable bonds is 8. The van der Waals surface area contributed by atoms with Crippen LogP contribution in [-0.4, -0.2) is 42.2 Å². The van der Waals surface area contributed by atoms with E-state index in [4.69, 9.17) is 14.2 Å². The number of nitrogens with one attached hydrogen (secondary N) is 1. The molecule has 0 atom stereocenters. The maximum atomic E-state index is 12.7. The third-order valence-corrected chi connectivity index (χ3v) is 5.45. The van der Waals surface area contributed by atoms with E-state index in [1.54, 1.807) is 18.2 Å². The lowest BCUT2D eigenvalue weighted by Crippen LogP contribution is -2.31. The molecule has 0 aliphatic carbocycles. The summed E-state index contributed by atoms with van der Waals surface area (Å²) >= 11 is 0. The van der Waals surface area contributed by atoms with Crippen molar-refractivity contribution in [3.8, 4) is 11.5 Å². The van der Waals surface area contributed by atoms with Crippen molar-refractivity contribution in [2.75, 3.05) is 19.9 Å². The Morgan fingerprint density at radius 2 is 1.76 bits per heavy atom. The molecule has 8 nitrogen and oxygen atoms in total. The first-order valence-corrected chi connectivity index (χ1v) is 10.5. The monoisotopic (exact) mass is 448 g/mol. The van der Waals surface area contributed by atoms with Crippen molar-refractivity contribution < 1.29 is 28.6 Å². The molecule has 0 bridgehead atoms. The van der Waals surface area contributed by atoms with Crippen molar-refractivity contribution in [3.63, 3.8) is 0 Å². The van der Waals surface area contributed by atoms with Crippen molar-refractivity contribution >= 4 is 17.7 Å². The van der Waals surface area contributed by atoms with Gasteiger partial charge in [-0.2, -0.15) is 0 Å². The molecule has 0 radical (unpaired) electrons. The molecule has 0 unspecified atom stereocenters. The van der Waals surface area contributed by atoms with Gasteiger partial charge in [0, 0.05) is 29.1 Å². The number of amides is 1. The summed E-state index contributed by atoms with van der Waals surface area (Å²) in [6.45, 7) is 3.82. The highest BCUT2D eigenvalue weighted by atomic mass is 16.7. The van der Waals surface area contributed by atoms with E-state index in [1.165, 1.54) is 6.07 Å². The number of aryl methyl sites for hydroxylation is 1. The molecule has 3 aromatic rings. The van der Waals surface area contributed by atoms with Gasteiger partial charge < -0.3 is 24.1 Å². The SMILES string of the molecule is Cc1cc(C(=O)COC(=O)CNC(=O)c2ccc3c(c2)OCO3)c(C)n1Cc1ccccc1. The predicted molar refractivity (Wildman–Crippen MR) is 120 cm³/mol. The summed E-state index contributed by atoms with van der Waals surface area (Å²) in [5.41, 5.74) is 3.73. The van der Waals surface area contributed by atoms with Crippen LogP contribution in [0.1, 0.15) is 37.7 Å². The fourth-order valence-corrected chi connectivity index (χ4v) is 3.66. The first-order chi connectivity index (χ1) is 15.9. The van der Waals surface area contributed by atoms with Gasteiger partial charge in [-0.05, 0) is 43.7 Å². The summed E-state index contributed by atoms with van der Waals surface area (Å²) in [6.07, 6.45) is 0. The molecule has 1 aliphatic heterocycles. The molecular formula is C25H24N2O6. The van der Waals surface area contributed by atoms with E-state index < -0.39 is 18.5 Å². The lowest BCUT2D eigenvalue weighted by Gasteiger charge is -2.10. The Labute approximate surface area is 191 Å². The Bertz CT molecular complexity index is 1200. The largest absolute Gasteiger partial charge is 0.456 e. The minimum Gasteiger partial charge on any atom is -0.456 e. The van der Waals surface area contributed by atoms with E-state index in [-0.39, 0.29) is 19.1 Å². The van der Waals surface area contributed by atoms with Crippen LogP contribution in [0.25, 0.3) is 0 Å². The average molecular weight is 448 g/mol. The highest BCUT2D eigenvalue weighted by Gasteiger charge is 2.19. The Morgan fingerprint density at radius 1 is 1.00 bits per heavy atom. The second-order valence-corrected chi connectivity index (χ2v) is 7.69. The van der Waals surface area contributed by atoms with Crippen LogP contribution in [0.5, 0.6) is 11.5 Å². The molecule has 2 heterocycles. The number of benzene rings is 2. The average Bonchev–Trinajstić information content (AvgIpc) is 3.41. The number of Topliss-reactive ketones (excluding diaryl/α,β-unsaturated/α-hetero) is 1. The standard InChI is InChI=1S/C25H24N2O6/c1-16-10-20(17(2)27(16)13-18-6-4-3-5-7-18)21(28)14-31-24(29)12-26-25(30)19-8-9-22-23(11-19)33-15-32-22/h3-11H,12-15H2,1-2H3,(H,26,30). The number of carbonyl (C=O) groups excluding carboxylic acids is 3. The molecule has 4 rings (SSSR count). The molecule has 33 heavy (non-hydrogen) atoms. The number of aromatic nitrogens is 1. The number of hydrogen-bond acceptors (Lipinski definition) is 6. The van der Waals surface area contributed by atoms with Gasteiger partial charge in [0.15, 0.2) is 18.1 Å². The lowest BCUT2D eigenvalue weighted by molar-refractivity contribution is -0.141. The Balaban J connectivity index is 1.29. The number of nitrogens with zero attached hydrogens (tertiary/aromatic N) is 1. The van der Waals surface area contributed by atoms with Crippen molar-refractivity contribution in [1.29, 1.82) is 0 Å². The molecule has 2 aromatic carbocycles. The molecule has 1 amide bonds. The van der Waals surface area contributed by atoms with Crippen LogP contribution >= 0.6 is 0 Å². The fourth-order valence-electron chi connectivity index (χ4n) is 3.66. The maximum Gasteiger partial charge on any atom is 0.325 e. The molecular weight excluding hydrogens is 424 g/mol. The van der Waals surface area contributed by atoms with Gasteiger partial charge in [0.05, 0.1) is 0 Å². The van der Waals surface area contributed by atoms with E-state index in [9.17, 15) is 14.4 Å². The first kappa shape index (κ1) is 22.1. The van der Waals surface area contributed by atoms with Crippen LogP contribution in [0.4, 0.5) is 0 Å². The van der Waals surface area contributed by atoms with Crippen LogP contribution in [0.2, 0.25) is 0 Å². The van der Waals surface area contributed by atoms with Gasteiger partial charge in [-0.1, -0.05) is 30.3 Å². The van der Waals surface area contributed by atoms with Crippen molar-refractivity contribution in [2.45, 2.75) is 20.4 Å². The van der Waals surface area contributed by atoms with Gasteiger partial charge in [-0.3, -0.25) is 14.4 Å². The van der Waals surface area contributed by atoms with Crippen LogP contribution in [-0.2, 0) is 16.1 Å². The Hall–Kier alpha value is -4.07. The van der Waals surface area contributed by atoms with Crippen LogP contribution in [0.15, 0.2) is 54.6 Å². The molecule has 1 aliphatic rings. The molecule has 0 spiro atoms. The molecule has 0 saturated carbocycles. The zero-order valence-electron chi connectivity index (χ0n) is 18.4. The molecule has 0 fully saturated rings. The van der Waals surface area contributed by atoms with Crippen molar-refractivity contribution in [3.05, 3.63) is 82.7 Å². The predicted octanol–water partition coefficient (Wildman–Crippen LogP) is 3.04. The van der Waals surface area contributed by atoms with Crippen LogP contribution in [0.3, 0.4) is 0 Å². The van der Waals surface area contributed by atoms with E-state index >= 15 is 0 Å². The van der Waals surface area contributed by atoms with Crippen LogP contribution in [0, 0.1) is 13.8 Å². The van der Waals surface area contributed by atoms with Gasteiger partial charge in [0.25, 0.3) is 5.91 Å². The summed E-state index contributed by atoms with van der Waals surface area (Å²) in [6, 6.07) is 16.5. The third kappa shape index (κ3) is 5.06. The van der Waals surface area contributed by atoms with E-state index in [2.05, 4.69) is 9.88 Å². The number of ether oxygens (including phenoxy) is 3. The summed E-state index contributed by atoms with van der Waals surface area (Å²) in [5.74, 6) is -0.414. The molecule has 1 N–H and O–H groups in total. The van der Waals surface area contributed by atoms with Crippen LogP contribution < -0.4 is 14.8 Å². The number of ketones is 1. The number of carbonyl (C=O) groups is 3. The second kappa shape index (κ2) is 9.60. The van der Waals surface area contributed by atoms with Crippen molar-refractivity contribution in [2.24, 2.45) is 0 Å². The maximum absolute atomic E-state index is 12.7. The third-order valence-electron chi connectivity index (χ3n) is 5.45. The van der Waals surface area contributed by atoms with E-state index in [0.29, 0.717) is 29.2 Å². The summed E-state index contributed by atoms with van der Waals surface area (Å²) < 4.78 is 17.6. The van der Waals surface area contributed by atoms with Gasteiger partial charge in [-0.25, -0.2) is 0 Å². The topological polar surface area (TPSA) is 95.9 Å². The smallest absolute Gasteiger partial charge is 0.325 e. The zero-order chi connectivity index (χ0) is 23.4. The molecule has 170 valence electrons. The van der Waals surface area contributed by atoms with E-state index in [0.717, 1.165) is 17.0 Å². The van der Waals surface area contributed by atoms with E-state index in [1.807, 2.05) is 44.2 Å². The Morgan fingerprint density at radius 3 is 2.55 bits per heavy atom. The normalized spacial score (nSPS) is 11.8. The minimum atomic E-state index is -0.699. The number of hydrogen-bond donors (Lipinski definition) is 1. The van der Waals surface area contributed by atoms with Gasteiger partial charge in [0.2, 0.25) is 12.6 Å². The zero-order valence-corrected chi connectivity index (χ0v) is 18.4. The lowest BCUT2D eigenvalue weighted by atomic mass is 10.1. The van der Waals surface area contributed by atoms with Crippen molar-refractivity contribution in [1.82, 2.24) is 9.88 Å². The first-order valence-electron chi connectivity index (χ1n) is 10.5. The number of esters is 1. The van der Waals surface area contributed by atoms with Gasteiger partial charge >= 0.3 is 5.97 Å². The molecule has 1 aromatic heterocycles. The highest BCUT2D eigenvalue weighted by Crippen LogP contribution is 2.32. The quantitative estimate of drug-likeness (QED) is 0.420. The summed E-state index contributed by atoms with van der Waals surface area (Å²) in [5, 5.41) is 2.48. The molecule has 8 heteroatoms. The second-order valence-electron chi connectivity index (χ2n) is 7.69. The molecule has 0 saturated heterocycles. The summed E-state index contributed by atoms with van der Waals surface area (Å²) in [7, 11) is 0.